The first-order valence-corrected chi connectivity index (χ1v) is 7.91. The lowest BCUT2D eigenvalue weighted by molar-refractivity contribution is -0.121. The van der Waals surface area contributed by atoms with Crippen LogP contribution in [0.5, 0.6) is 0 Å². The molecule has 0 saturated carbocycles. The molecule has 0 heterocycles. The number of carbonyl (C=O) groups is 1. The van der Waals surface area contributed by atoms with Gasteiger partial charge in [-0.2, -0.15) is 0 Å². The lowest BCUT2D eigenvalue weighted by Gasteiger charge is -2.22. The molecule has 23 heavy (non-hydrogen) atoms. The molecule has 1 aromatic rings. The highest BCUT2D eigenvalue weighted by Gasteiger charge is 2.09. The number of amides is 1. The van der Waals surface area contributed by atoms with Crippen molar-refractivity contribution >= 4 is 11.9 Å². The first-order valence-electron chi connectivity index (χ1n) is 7.91. The van der Waals surface area contributed by atoms with Crippen molar-refractivity contribution in [2.45, 2.75) is 39.3 Å². The van der Waals surface area contributed by atoms with Crippen molar-refractivity contribution in [3.63, 3.8) is 0 Å². The predicted molar refractivity (Wildman–Crippen MR) is 91.7 cm³/mol. The van der Waals surface area contributed by atoms with Crippen molar-refractivity contribution in [3.8, 4) is 0 Å². The molecule has 1 unspecified atom stereocenters. The van der Waals surface area contributed by atoms with Crippen LogP contribution in [0.25, 0.3) is 0 Å². The van der Waals surface area contributed by atoms with Gasteiger partial charge in [0.25, 0.3) is 0 Å². The van der Waals surface area contributed by atoms with Crippen LogP contribution >= 0.6 is 0 Å². The average molecular weight is 322 g/mol. The first kappa shape index (κ1) is 18.9. The minimum atomic E-state index is -0.249. The summed E-state index contributed by atoms with van der Waals surface area (Å²) >= 11 is 0. The van der Waals surface area contributed by atoms with E-state index in [2.05, 4.69) is 15.6 Å². The third kappa shape index (κ3) is 7.13. The SMILES string of the molecule is CCC(C)NC(=O)CCNC(=NC)N(C)Cc1cccc(F)c1. The van der Waals surface area contributed by atoms with E-state index in [0.29, 0.717) is 25.5 Å². The van der Waals surface area contributed by atoms with E-state index in [-0.39, 0.29) is 17.8 Å². The summed E-state index contributed by atoms with van der Waals surface area (Å²) in [5.74, 6) is 0.446. The maximum atomic E-state index is 13.2. The number of halogens is 1. The number of guanidine groups is 1. The highest BCUT2D eigenvalue weighted by atomic mass is 19.1. The summed E-state index contributed by atoms with van der Waals surface area (Å²) in [5.41, 5.74) is 0.866. The molecule has 0 aromatic heterocycles. The van der Waals surface area contributed by atoms with E-state index >= 15 is 0 Å². The largest absolute Gasteiger partial charge is 0.356 e. The van der Waals surface area contributed by atoms with Crippen LogP contribution in [0.4, 0.5) is 4.39 Å². The molecule has 1 atom stereocenters. The molecule has 2 N–H and O–H groups in total. The van der Waals surface area contributed by atoms with E-state index in [4.69, 9.17) is 0 Å². The molecular formula is C17H27FN4O. The first-order chi connectivity index (χ1) is 11.0. The summed E-state index contributed by atoms with van der Waals surface area (Å²) in [6.07, 6.45) is 1.30. The Balaban J connectivity index is 2.43. The van der Waals surface area contributed by atoms with Gasteiger partial charge in [-0.1, -0.05) is 19.1 Å². The van der Waals surface area contributed by atoms with Crippen LogP contribution in [-0.2, 0) is 11.3 Å². The molecule has 1 aromatic carbocycles. The molecule has 0 spiro atoms. The number of hydrogen-bond donors (Lipinski definition) is 2. The Labute approximate surface area is 138 Å². The Hall–Kier alpha value is -2.11. The van der Waals surface area contributed by atoms with Crippen molar-refractivity contribution in [1.82, 2.24) is 15.5 Å². The van der Waals surface area contributed by atoms with Crippen LogP contribution in [0.3, 0.4) is 0 Å². The van der Waals surface area contributed by atoms with Gasteiger partial charge in [0.05, 0.1) is 0 Å². The van der Waals surface area contributed by atoms with Crippen LogP contribution < -0.4 is 10.6 Å². The van der Waals surface area contributed by atoms with Gasteiger partial charge in [-0.05, 0) is 31.0 Å². The zero-order valence-corrected chi connectivity index (χ0v) is 14.4. The number of rotatable bonds is 7. The second-order valence-electron chi connectivity index (χ2n) is 5.59. The van der Waals surface area contributed by atoms with Gasteiger partial charge in [0, 0.05) is 39.6 Å². The van der Waals surface area contributed by atoms with E-state index in [1.807, 2.05) is 31.9 Å². The molecule has 0 fully saturated rings. The van der Waals surface area contributed by atoms with E-state index in [1.165, 1.54) is 12.1 Å². The minimum Gasteiger partial charge on any atom is -0.356 e. The molecule has 5 nitrogen and oxygen atoms in total. The molecule has 0 radical (unpaired) electrons. The van der Waals surface area contributed by atoms with E-state index in [9.17, 15) is 9.18 Å². The van der Waals surface area contributed by atoms with Crippen molar-refractivity contribution in [1.29, 1.82) is 0 Å². The Morgan fingerprint density at radius 1 is 1.43 bits per heavy atom. The van der Waals surface area contributed by atoms with Gasteiger partial charge < -0.3 is 15.5 Å². The van der Waals surface area contributed by atoms with E-state index < -0.39 is 0 Å². The van der Waals surface area contributed by atoms with Gasteiger partial charge in [-0.15, -0.1) is 0 Å². The molecule has 0 bridgehead atoms. The molecule has 128 valence electrons. The normalized spacial score (nSPS) is 12.7. The molecule has 6 heteroatoms. The number of benzene rings is 1. The second kappa shape index (κ2) is 9.82. The Morgan fingerprint density at radius 2 is 2.17 bits per heavy atom. The van der Waals surface area contributed by atoms with Crippen LogP contribution in [0.1, 0.15) is 32.3 Å². The average Bonchev–Trinajstić information content (AvgIpc) is 2.51. The molecule has 0 saturated heterocycles. The standard InChI is InChI=1S/C17H27FN4O/c1-5-13(2)21-16(23)9-10-20-17(19-3)22(4)12-14-7-6-8-15(18)11-14/h6-8,11,13H,5,9-10,12H2,1-4H3,(H,19,20)(H,21,23). The van der Waals surface area contributed by atoms with Gasteiger partial charge in [0.1, 0.15) is 5.82 Å². The number of nitrogens with one attached hydrogen (secondary N) is 2. The Kier molecular flexibility index (Phi) is 8.08. The third-order valence-corrected chi connectivity index (χ3v) is 3.54. The van der Waals surface area contributed by atoms with E-state index in [1.54, 1.807) is 13.1 Å². The molecule has 0 aliphatic carbocycles. The van der Waals surface area contributed by atoms with Crippen LogP contribution in [-0.4, -0.2) is 43.4 Å². The van der Waals surface area contributed by atoms with E-state index in [0.717, 1.165) is 12.0 Å². The Morgan fingerprint density at radius 3 is 2.78 bits per heavy atom. The molecule has 1 rings (SSSR count). The molecular weight excluding hydrogens is 295 g/mol. The number of hydrogen-bond acceptors (Lipinski definition) is 2. The zero-order chi connectivity index (χ0) is 17.2. The monoisotopic (exact) mass is 322 g/mol. The summed E-state index contributed by atoms with van der Waals surface area (Å²) in [5, 5.41) is 6.07. The fraction of sp³-hybridized carbons (Fsp3) is 0.529. The van der Waals surface area contributed by atoms with Gasteiger partial charge >= 0.3 is 0 Å². The highest BCUT2D eigenvalue weighted by molar-refractivity contribution is 5.81. The van der Waals surface area contributed by atoms with Crippen molar-refractivity contribution in [2.75, 3.05) is 20.6 Å². The quantitative estimate of drug-likeness (QED) is 0.597. The fourth-order valence-corrected chi connectivity index (χ4v) is 2.11. The second-order valence-corrected chi connectivity index (χ2v) is 5.59. The van der Waals surface area contributed by atoms with Crippen molar-refractivity contribution in [3.05, 3.63) is 35.6 Å². The Bertz CT molecular complexity index is 533. The summed E-state index contributed by atoms with van der Waals surface area (Å²) in [4.78, 5) is 17.8. The van der Waals surface area contributed by atoms with Gasteiger partial charge in [0.2, 0.25) is 5.91 Å². The maximum Gasteiger partial charge on any atom is 0.221 e. The van der Waals surface area contributed by atoms with Crippen LogP contribution in [0.2, 0.25) is 0 Å². The van der Waals surface area contributed by atoms with Gasteiger partial charge in [0.15, 0.2) is 5.96 Å². The smallest absolute Gasteiger partial charge is 0.221 e. The fourth-order valence-electron chi connectivity index (χ4n) is 2.11. The molecule has 1 amide bonds. The highest BCUT2D eigenvalue weighted by Crippen LogP contribution is 2.06. The number of aliphatic imine (C=N–C) groups is 1. The van der Waals surface area contributed by atoms with Crippen molar-refractivity contribution in [2.24, 2.45) is 4.99 Å². The summed E-state index contributed by atoms with van der Waals surface area (Å²) in [6, 6.07) is 6.67. The summed E-state index contributed by atoms with van der Waals surface area (Å²) in [6.45, 7) is 5.06. The van der Waals surface area contributed by atoms with Gasteiger partial charge in [-0.3, -0.25) is 9.79 Å². The van der Waals surface area contributed by atoms with Crippen LogP contribution in [0, 0.1) is 5.82 Å². The zero-order valence-electron chi connectivity index (χ0n) is 14.4. The molecule has 0 aliphatic heterocycles. The maximum absolute atomic E-state index is 13.2. The van der Waals surface area contributed by atoms with Crippen LogP contribution in [0.15, 0.2) is 29.3 Å². The van der Waals surface area contributed by atoms with Gasteiger partial charge in [-0.25, -0.2) is 4.39 Å². The van der Waals surface area contributed by atoms with Crippen molar-refractivity contribution < 1.29 is 9.18 Å². The molecule has 0 aliphatic rings. The summed E-state index contributed by atoms with van der Waals surface area (Å²) in [7, 11) is 3.56. The topological polar surface area (TPSA) is 56.7 Å². The third-order valence-electron chi connectivity index (χ3n) is 3.54. The number of carbonyl (C=O) groups excluding carboxylic acids is 1. The number of nitrogens with zero attached hydrogens (tertiary/aromatic N) is 2. The lowest BCUT2D eigenvalue weighted by Crippen LogP contribution is -2.41. The predicted octanol–water partition coefficient (Wildman–Crippen LogP) is 2.14. The minimum absolute atomic E-state index is 0.0232. The summed E-state index contributed by atoms with van der Waals surface area (Å²) < 4.78 is 13.2. The lowest BCUT2D eigenvalue weighted by atomic mass is 10.2.